The Morgan fingerprint density at radius 2 is 2.00 bits per heavy atom. The number of ether oxygens (including phenoxy) is 1. The summed E-state index contributed by atoms with van der Waals surface area (Å²) in [4.78, 5) is 0. The molecule has 1 aliphatic rings. The second kappa shape index (κ2) is 7.85. The van der Waals surface area contributed by atoms with Crippen molar-refractivity contribution in [3.63, 3.8) is 0 Å². The van der Waals surface area contributed by atoms with E-state index in [4.69, 9.17) is 10.6 Å². The first kappa shape index (κ1) is 14.7. The largest absolute Gasteiger partial charge is 0.376 e. The van der Waals surface area contributed by atoms with Gasteiger partial charge >= 0.3 is 0 Å². The second-order valence-corrected chi connectivity index (χ2v) is 5.25. The Morgan fingerprint density at radius 3 is 2.47 bits per heavy atom. The molecule has 1 aliphatic carbocycles. The van der Waals surface area contributed by atoms with E-state index in [0.717, 1.165) is 6.61 Å². The Morgan fingerprint density at radius 1 is 1.35 bits per heavy atom. The highest BCUT2D eigenvalue weighted by atomic mass is 16.5. The molecule has 0 aromatic carbocycles. The molecule has 1 rings (SSSR count). The lowest BCUT2D eigenvalue weighted by Gasteiger charge is -2.34. The topological polar surface area (TPSA) is 47.3 Å². The Hall–Kier alpha value is -0.380. The smallest absolute Gasteiger partial charge is 0.0804 e. The van der Waals surface area contributed by atoms with Gasteiger partial charge in [-0.25, -0.2) is 0 Å². The monoisotopic (exact) mass is 240 g/mol. The predicted molar refractivity (Wildman–Crippen MR) is 72.5 cm³/mol. The quantitative estimate of drug-likeness (QED) is 0.426. The standard InChI is InChI=1S/C14H28N2O/c1-4-17-14(12-8-6-5-7-9-12)13(16-15)10-11(2)3/h10,12-14,16H,4-9,15H2,1-3H3. The molecule has 0 spiro atoms. The number of nitrogens with one attached hydrogen (secondary N) is 1. The fraction of sp³-hybridized carbons (Fsp3) is 0.857. The van der Waals surface area contributed by atoms with Crippen LogP contribution in [0.5, 0.6) is 0 Å². The molecule has 100 valence electrons. The summed E-state index contributed by atoms with van der Waals surface area (Å²) in [6.45, 7) is 7.03. The summed E-state index contributed by atoms with van der Waals surface area (Å²) in [6, 6.07) is 0.142. The van der Waals surface area contributed by atoms with Crippen molar-refractivity contribution < 1.29 is 4.74 Å². The lowest BCUT2D eigenvalue weighted by Crippen LogP contribution is -2.48. The molecule has 2 unspecified atom stereocenters. The van der Waals surface area contributed by atoms with Crippen molar-refractivity contribution in [2.45, 2.75) is 65.0 Å². The Balaban J connectivity index is 2.70. The van der Waals surface area contributed by atoms with E-state index in [1.165, 1.54) is 37.7 Å². The molecule has 0 aromatic rings. The zero-order valence-electron chi connectivity index (χ0n) is 11.5. The highest BCUT2D eigenvalue weighted by Gasteiger charge is 2.29. The van der Waals surface area contributed by atoms with Gasteiger partial charge in [-0.05, 0) is 39.5 Å². The van der Waals surface area contributed by atoms with Gasteiger partial charge < -0.3 is 4.74 Å². The van der Waals surface area contributed by atoms with Crippen molar-refractivity contribution >= 4 is 0 Å². The molecule has 3 heteroatoms. The van der Waals surface area contributed by atoms with Gasteiger partial charge in [-0.2, -0.15) is 0 Å². The first-order valence-corrected chi connectivity index (χ1v) is 6.91. The molecule has 0 heterocycles. The van der Waals surface area contributed by atoms with Crippen LogP contribution in [0.2, 0.25) is 0 Å². The molecule has 3 N–H and O–H groups in total. The van der Waals surface area contributed by atoms with Gasteiger partial charge in [-0.1, -0.05) is 30.9 Å². The SMILES string of the molecule is CCOC(C1CCCCC1)C(C=C(C)C)NN. The van der Waals surface area contributed by atoms with Crippen LogP contribution >= 0.6 is 0 Å². The second-order valence-electron chi connectivity index (χ2n) is 5.25. The van der Waals surface area contributed by atoms with Gasteiger partial charge in [0.1, 0.15) is 0 Å². The average molecular weight is 240 g/mol. The fourth-order valence-electron chi connectivity index (χ4n) is 2.79. The minimum atomic E-state index is 0.142. The van der Waals surface area contributed by atoms with E-state index >= 15 is 0 Å². The summed E-state index contributed by atoms with van der Waals surface area (Å²) in [7, 11) is 0. The minimum Gasteiger partial charge on any atom is -0.376 e. The van der Waals surface area contributed by atoms with E-state index in [2.05, 4.69) is 32.3 Å². The van der Waals surface area contributed by atoms with Crippen LogP contribution in [-0.2, 0) is 4.74 Å². The lowest BCUT2D eigenvalue weighted by atomic mass is 9.82. The molecular weight excluding hydrogens is 212 g/mol. The number of nitrogens with two attached hydrogens (primary N) is 1. The van der Waals surface area contributed by atoms with Crippen LogP contribution in [0.4, 0.5) is 0 Å². The van der Waals surface area contributed by atoms with Gasteiger partial charge in [0.15, 0.2) is 0 Å². The van der Waals surface area contributed by atoms with Gasteiger partial charge in [-0.3, -0.25) is 11.3 Å². The number of hydrogen-bond acceptors (Lipinski definition) is 3. The zero-order chi connectivity index (χ0) is 12.7. The number of hydrazine groups is 1. The third-order valence-electron chi connectivity index (χ3n) is 3.53. The molecule has 0 aromatic heterocycles. The molecule has 0 bridgehead atoms. The maximum absolute atomic E-state index is 5.95. The van der Waals surface area contributed by atoms with Crippen molar-refractivity contribution in [1.29, 1.82) is 0 Å². The average Bonchev–Trinajstić information content (AvgIpc) is 2.34. The summed E-state index contributed by atoms with van der Waals surface area (Å²) in [6.07, 6.45) is 9.01. The predicted octanol–water partition coefficient (Wildman–Crippen LogP) is 2.77. The molecule has 0 aliphatic heterocycles. The summed E-state index contributed by atoms with van der Waals surface area (Å²) in [5.41, 5.74) is 4.20. The first-order chi connectivity index (χ1) is 8.19. The van der Waals surface area contributed by atoms with Crippen LogP contribution in [0.3, 0.4) is 0 Å². The van der Waals surface area contributed by atoms with E-state index in [1.807, 2.05) is 0 Å². The van der Waals surface area contributed by atoms with E-state index in [1.54, 1.807) is 0 Å². The van der Waals surface area contributed by atoms with Crippen LogP contribution < -0.4 is 11.3 Å². The Labute approximate surface area is 106 Å². The van der Waals surface area contributed by atoms with Gasteiger partial charge in [0.05, 0.1) is 12.1 Å². The molecular formula is C14H28N2O. The molecule has 2 atom stereocenters. The molecule has 1 saturated carbocycles. The van der Waals surface area contributed by atoms with Crippen LogP contribution in [0, 0.1) is 5.92 Å². The van der Waals surface area contributed by atoms with E-state index in [-0.39, 0.29) is 12.1 Å². The van der Waals surface area contributed by atoms with E-state index in [0.29, 0.717) is 5.92 Å². The minimum absolute atomic E-state index is 0.142. The highest BCUT2D eigenvalue weighted by Crippen LogP contribution is 2.30. The van der Waals surface area contributed by atoms with Crippen molar-refractivity contribution in [1.82, 2.24) is 5.43 Å². The van der Waals surface area contributed by atoms with Crippen LogP contribution in [0.1, 0.15) is 52.9 Å². The third kappa shape index (κ3) is 4.78. The van der Waals surface area contributed by atoms with Crippen molar-refractivity contribution in [3.05, 3.63) is 11.6 Å². The Kier molecular flexibility index (Phi) is 6.78. The molecule has 0 amide bonds. The third-order valence-corrected chi connectivity index (χ3v) is 3.53. The molecule has 0 radical (unpaired) electrons. The zero-order valence-corrected chi connectivity index (χ0v) is 11.5. The fourth-order valence-corrected chi connectivity index (χ4v) is 2.79. The lowest BCUT2D eigenvalue weighted by molar-refractivity contribution is -0.00754. The first-order valence-electron chi connectivity index (χ1n) is 6.91. The molecule has 1 fully saturated rings. The van der Waals surface area contributed by atoms with E-state index < -0.39 is 0 Å². The number of hydrogen-bond donors (Lipinski definition) is 2. The van der Waals surface area contributed by atoms with Crippen molar-refractivity contribution in [2.24, 2.45) is 11.8 Å². The molecule has 17 heavy (non-hydrogen) atoms. The van der Waals surface area contributed by atoms with Gasteiger partial charge in [0, 0.05) is 6.61 Å². The van der Waals surface area contributed by atoms with Crippen LogP contribution in [0.15, 0.2) is 11.6 Å². The summed E-state index contributed by atoms with van der Waals surface area (Å²) >= 11 is 0. The maximum atomic E-state index is 5.95. The summed E-state index contributed by atoms with van der Waals surface area (Å²) in [5.74, 6) is 6.34. The summed E-state index contributed by atoms with van der Waals surface area (Å²) in [5, 5.41) is 0. The molecule has 0 saturated heterocycles. The van der Waals surface area contributed by atoms with Crippen LogP contribution in [0.25, 0.3) is 0 Å². The number of rotatable bonds is 6. The summed E-state index contributed by atoms with van der Waals surface area (Å²) < 4.78 is 5.95. The van der Waals surface area contributed by atoms with Crippen LogP contribution in [-0.4, -0.2) is 18.8 Å². The van der Waals surface area contributed by atoms with E-state index in [9.17, 15) is 0 Å². The van der Waals surface area contributed by atoms with Crippen molar-refractivity contribution in [3.8, 4) is 0 Å². The Bertz CT molecular complexity index is 230. The van der Waals surface area contributed by atoms with Crippen molar-refractivity contribution in [2.75, 3.05) is 6.61 Å². The highest BCUT2D eigenvalue weighted by molar-refractivity contribution is 5.04. The van der Waals surface area contributed by atoms with Gasteiger partial charge in [0.25, 0.3) is 0 Å². The van der Waals surface area contributed by atoms with Gasteiger partial charge in [0.2, 0.25) is 0 Å². The van der Waals surface area contributed by atoms with Gasteiger partial charge in [-0.15, -0.1) is 0 Å². The molecule has 3 nitrogen and oxygen atoms in total. The number of allylic oxidation sites excluding steroid dienone is 1. The maximum Gasteiger partial charge on any atom is 0.0804 e. The normalized spacial score (nSPS) is 20.9.